The summed E-state index contributed by atoms with van der Waals surface area (Å²) in [4.78, 5) is 30.3. The zero-order valence-corrected chi connectivity index (χ0v) is 17.9. The summed E-state index contributed by atoms with van der Waals surface area (Å²) in [5.74, 6) is 1.09. The molecule has 10 heteroatoms. The van der Waals surface area contributed by atoms with Crippen LogP contribution < -0.4 is 15.5 Å². The van der Waals surface area contributed by atoms with E-state index in [-0.39, 0.29) is 18.0 Å². The highest BCUT2D eigenvalue weighted by Gasteiger charge is 2.41. The number of carbonyl (C=O) groups excluding carboxylic acids is 1. The Balaban J connectivity index is 1.84. The van der Waals surface area contributed by atoms with Crippen molar-refractivity contribution in [3.63, 3.8) is 0 Å². The lowest BCUT2D eigenvalue weighted by Gasteiger charge is -2.45. The first-order valence-electron chi connectivity index (χ1n) is 9.98. The number of hydrogen-bond donors (Lipinski definition) is 2. The van der Waals surface area contributed by atoms with E-state index in [9.17, 15) is 4.79 Å². The maximum absolute atomic E-state index is 13.0. The fourth-order valence-corrected chi connectivity index (χ4v) is 4.64. The molecule has 0 radical (unpaired) electrons. The summed E-state index contributed by atoms with van der Waals surface area (Å²) in [7, 11) is 1.76. The summed E-state index contributed by atoms with van der Waals surface area (Å²) in [5, 5.41) is 10.4. The smallest absolute Gasteiger partial charge is 0.249 e. The largest absolute Gasteiger partial charge is 0.396 e. The number of anilines is 2. The van der Waals surface area contributed by atoms with Gasteiger partial charge in [-0.3, -0.25) is 4.79 Å². The minimum atomic E-state index is -0.294. The van der Waals surface area contributed by atoms with Crippen molar-refractivity contribution in [3.05, 3.63) is 28.6 Å². The van der Waals surface area contributed by atoms with Gasteiger partial charge in [-0.05, 0) is 19.3 Å². The first kappa shape index (κ1) is 20.4. The molecule has 1 fully saturated rings. The summed E-state index contributed by atoms with van der Waals surface area (Å²) in [6, 6.07) is -0.136. The van der Waals surface area contributed by atoms with Crippen molar-refractivity contribution in [1.82, 2.24) is 15.0 Å². The Bertz CT molecular complexity index is 970. The molecule has 4 rings (SSSR count). The van der Waals surface area contributed by atoms with E-state index in [2.05, 4.69) is 14.9 Å². The van der Waals surface area contributed by atoms with Crippen molar-refractivity contribution < 1.29 is 9.53 Å². The number of nitrogens with one attached hydrogen (secondary N) is 1. The zero-order valence-electron chi connectivity index (χ0n) is 17.0. The fourth-order valence-electron chi connectivity index (χ4n) is 4.03. The Morgan fingerprint density at radius 1 is 1.40 bits per heavy atom. The van der Waals surface area contributed by atoms with Gasteiger partial charge in [-0.2, -0.15) is 0 Å². The third-order valence-corrected chi connectivity index (χ3v) is 6.42. The second kappa shape index (κ2) is 8.49. The molecule has 1 atom stereocenters. The van der Waals surface area contributed by atoms with E-state index < -0.39 is 0 Å². The molecule has 2 aromatic heterocycles. The number of ether oxygens (including phenoxy) is 1. The molecule has 1 amide bonds. The van der Waals surface area contributed by atoms with Crippen molar-refractivity contribution in [1.29, 1.82) is 5.41 Å². The molecule has 0 unspecified atom stereocenters. The molecule has 1 saturated heterocycles. The van der Waals surface area contributed by atoms with E-state index >= 15 is 0 Å². The predicted octanol–water partition coefficient (Wildman–Crippen LogP) is 2.15. The van der Waals surface area contributed by atoms with Crippen LogP contribution >= 0.6 is 11.3 Å². The maximum atomic E-state index is 13.0. The van der Waals surface area contributed by atoms with Crippen LogP contribution in [0.1, 0.15) is 37.0 Å². The number of amides is 1. The van der Waals surface area contributed by atoms with Crippen LogP contribution in [-0.2, 0) is 9.53 Å². The molecule has 2 aliphatic heterocycles. The average molecular weight is 428 g/mol. The molecule has 3 N–H and O–H groups in total. The van der Waals surface area contributed by atoms with Gasteiger partial charge in [0, 0.05) is 44.1 Å². The first-order valence-corrected chi connectivity index (χ1v) is 10.9. The number of hydrogen-bond acceptors (Lipinski definition) is 9. The minimum Gasteiger partial charge on any atom is -0.396 e. The van der Waals surface area contributed by atoms with E-state index in [1.165, 1.54) is 11.3 Å². The van der Waals surface area contributed by atoms with Gasteiger partial charge in [-0.25, -0.2) is 15.0 Å². The van der Waals surface area contributed by atoms with Gasteiger partial charge < -0.3 is 25.7 Å². The van der Waals surface area contributed by atoms with Gasteiger partial charge in [0.15, 0.2) is 11.6 Å². The Labute approximate surface area is 179 Å². The summed E-state index contributed by atoms with van der Waals surface area (Å²) in [6.45, 7) is 3.34. The molecule has 0 aromatic carbocycles. The Kier molecular flexibility index (Phi) is 5.78. The van der Waals surface area contributed by atoms with Gasteiger partial charge in [0.05, 0.1) is 17.5 Å². The molecule has 0 bridgehead atoms. The molecule has 2 aliphatic rings. The Morgan fingerprint density at radius 3 is 2.80 bits per heavy atom. The standard InChI is InChI=1S/C20H25N7O2S/c1-3-14-20(28)26(2)15-11-24-17(13(10-21)16(22)19-23-6-9-30-19)25-18(15)27(14)12-4-7-29-8-5-12/h6,9-12,14,21H,3-5,7-8,22H2,1-2H3/b16-13+,21-10?/t14-/m1/s1. The van der Waals surface area contributed by atoms with Crippen LogP contribution in [0.25, 0.3) is 11.3 Å². The molecule has 0 saturated carbocycles. The normalized spacial score (nSPS) is 20.7. The maximum Gasteiger partial charge on any atom is 0.249 e. The van der Waals surface area contributed by atoms with E-state index in [4.69, 9.17) is 20.9 Å². The SMILES string of the molecule is CC[C@@H]1C(=O)N(C)c2cnc(/C(C=N)=C(/N)c3nccs3)nc2N1C1CCOCC1. The zero-order chi connectivity index (χ0) is 21.3. The highest BCUT2D eigenvalue weighted by molar-refractivity contribution is 7.10. The van der Waals surface area contributed by atoms with Gasteiger partial charge in [-0.1, -0.05) is 6.92 Å². The van der Waals surface area contributed by atoms with Crippen molar-refractivity contribution in [2.75, 3.05) is 30.1 Å². The Hall–Kier alpha value is -2.85. The third-order valence-electron chi connectivity index (χ3n) is 5.62. The van der Waals surface area contributed by atoms with Crippen molar-refractivity contribution in [3.8, 4) is 0 Å². The highest BCUT2D eigenvalue weighted by Crippen LogP contribution is 2.38. The van der Waals surface area contributed by atoms with Crippen molar-refractivity contribution in [2.45, 2.75) is 38.3 Å². The summed E-state index contributed by atoms with van der Waals surface area (Å²) in [5.41, 5.74) is 7.72. The number of nitrogens with two attached hydrogens (primary N) is 1. The average Bonchev–Trinajstić information content (AvgIpc) is 3.32. The number of carbonyl (C=O) groups is 1. The molecule has 0 spiro atoms. The van der Waals surface area contributed by atoms with Crippen LogP contribution in [-0.4, -0.2) is 59.4 Å². The number of thiazole rings is 1. The number of aromatic nitrogens is 3. The molecular formula is C20H25N7O2S. The van der Waals surface area contributed by atoms with E-state index in [1.54, 1.807) is 24.3 Å². The molecule has 0 aliphatic carbocycles. The van der Waals surface area contributed by atoms with Crippen LogP contribution in [0.15, 0.2) is 17.8 Å². The predicted molar refractivity (Wildman–Crippen MR) is 118 cm³/mol. The summed E-state index contributed by atoms with van der Waals surface area (Å²) < 4.78 is 5.53. The van der Waals surface area contributed by atoms with E-state index in [0.717, 1.165) is 19.1 Å². The number of allylic oxidation sites excluding steroid dienone is 1. The second-order valence-corrected chi connectivity index (χ2v) is 8.18. The molecule has 2 aromatic rings. The molecule has 9 nitrogen and oxygen atoms in total. The monoisotopic (exact) mass is 427 g/mol. The van der Waals surface area contributed by atoms with Gasteiger partial charge in [-0.15, -0.1) is 11.3 Å². The molecular weight excluding hydrogens is 402 g/mol. The first-order chi connectivity index (χ1) is 14.6. The number of fused-ring (bicyclic) bond motifs is 1. The van der Waals surface area contributed by atoms with Crippen LogP contribution in [0.5, 0.6) is 0 Å². The lowest BCUT2D eigenvalue weighted by molar-refractivity contribution is -0.120. The van der Waals surface area contributed by atoms with Gasteiger partial charge in [0.25, 0.3) is 0 Å². The van der Waals surface area contributed by atoms with Crippen LogP contribution in [0.3, 0.4) is 0 Å². The van der Waals surface area contributed by atoms with E-state index in [0.29, 0.717) is 53.2 Å². The molecule has 4 heterocycles. The quantitative estimate of drug-likeness (QED) is 0.701. The fraction of sp³-hybridized carbons (Fsp3) is 0.450. The summed E-state index contributed by atoms with van der Waals surface area (Å²) in [6.07, 6.45) is 6.81. The van der Waals surface area contributed by atoms with Gasteiger partial charge in [0.1, 0.15) is 16.7 Å². The van der Waals surface area contributed by atoms with Crippen LogP contribution in [0.2, 0.25) is 0 Å². The Morgan fingerprint density at radius 2 is 2.17 bits per heavy atom. The van der Waals surface area contributed by atoms with Crippen molar-refractivity contribution >= 4 is 46.2 Å². The topological polar surface area (TPSA) is 121 Å². The van der Waals surface area contributed by atoms with Crippen molar-refractivity contribution in [2.24, 2.45) is 5.73 Å². The lowest BCUT2D eigenvalue weighted by Crippen LogP contribution is -2.57. The minimum absolute atomic E-state index is 0.0398. The van der Waals surface area contributed by atoms with Gasteiger partial charge in [0.2, 0.25) is 5.91 Å². The van der Waals surface area contributed by atoms with Crippen LogP contribution in [0, 0.1) is 5.41 Å². The number of rotatable bonds is 5. The second-order valence-electron chi connectivity index (χ2n) is 7.28. The molecule has 158 valence electrons. The van der Waals surface area contributed by atoms with Crippen LogP contribution in [0.4, 0.5) is 11.5 Å². The molecule has 30 heavy (non-hydrogen) atoms. The highest BCUT2D eigenvalue weighted by atomic mass is 32.1. The van der Waals surface area contributed by atoms with E-state index in [1.807, 2.05) is 12.3 Å². The lowest BCUT2D eigenvalue weighted by atomic mass is 9.99. The third kappa shape index (κ3) is 3.46. The number of likely N-dealkylation sites (N-methyl/N-ethyl adjacent to an activating group) is 1. The number of nitrogens with zero attached hydrogens (tertiary/aromatic N) is 5. The summed E-state index contributed by atoms with van der Waals surface area (Å²) >= 11 is 1.40. The van der Waals surface area contributed by atoms with Gasteiger partial charge >= 0.3 is 0 Å².